The van der Waals surface area contributed by atoms with E-state index < -0.39 is 18.0 Å². The van der Waals surface area contributed by atoms with Gasteiger partial charge in [-0.1, -0.05) is 132 Å². The number of piperazine rings is 1. The number of anilines is 1. The molecule has 0 spiro atoms. The van der Waals surface area contributed by atoms with E-state index in [2.05, 4.69) is 65.3 Å². The van der Waals surface area contributed by atoms with Gasteiger partial charge in [0.05, 0.1) is 17.8 Å². The molecular weight excluding hydrogens is 626 g/mol. The number of para-hydroxylation sites is 1. The Bertz CT molecular complexity index is 1640. The molecule has 0 radical (unpaired) electrons. The van der Waals surface area contributed by atoms with Crippen LogP contribution in [-0.2, 0) is 20.8 Å². The van der Waals surface area contributed by atoms with Crippen LogP contribution in [0.25, 0.3) is 22.2 Å². The number of aromatic nitrogens is 1. The quantitative estimate of drug-likeness (QED) is 0.0640. The van der Waals surface area contributed by atoms with Crippen molar-refractivity contribution in [3.05, 3.63) is 88.9 Å². The number of unbranched alkanes of at least 4 members (excludes halogenated alkanes) is 11. The molecule has 0 aliphatic carbocycles. The highest BCUT2D eigenvalue weighted by Crippen LogP contribution is 2.30. The van der Waals surface area contributed by atoms with Gasteiger partial charge in [-0.05, 0) is 48.2 Å². The average molecular weight is 684 g/mol. The first-order valence-electron chi connectivity index (χ1n) is 19.1. The van der Waals surface area contributed by atoms with E-state index in [1.54, 1.807) is 6.92 Å². The SMILES string of the molecule is CCCCCCCCCCCCCCOC(C(=O)OCC)n1c(=O)oc2c(N3CCN(Cc4cccc(-c5ccccc5)c4)CC3)cccc21. The molecule has 8 heteroatoms. The highest BCUT2D eigenvalue weighted by Gasteiger charge is 2.30. The molecule has 3 aromatic carbocycles. The highest BCUT2D eigenvalue weighted by molar-refractivity contribution is 5.88. The van der Waals surface area contributed by atoms with Crippen LogP contribution in [0.4, 0.5) is 5.69 Å². The number of rotatable bonds is 21. The third kappa shape index (κ3) is 10.6. The summed E-state index contributed by atoms with van der Waals surface area (Å²) in [5.74, 6) is -1.19. The van der Waals surface area contributed by atoms with Crippen molar-refractivity contribution in [2.45, 2.75) is 104 Å². The van der Waals surface area contributed by atoms with E-state index in [-0.39, 0.29) is 6.61 Å². The molecule has 1 aliphatic heterocycles. The van der Waals surface area contributed by atoms with Crippen LogP contribution in [0.5, 0.6) is 0 Å². The molecule has 0 saturated carbocycles. The van der Waals surface area contributed by atoms with Crippen molar-refractivity contribution in [1.82, 2.24) is 9.47 Å². The number of benzene rings is 3. The molecule has 50 heavy (non-hydrogen) atoms. The first-order valence-corrected chi connectivity index (χ1v) is 19.1. The standard InChI is InChI=1S/C42H57N3O5/c1-3-5-6-7-8-9-10-11-12-13-14-18-31-49-40(41(46)48-4-2)45-38-26-20-25-37(39(38)50-42(45)47)44-29-27-43(28-30-44)33-34-21-19-24-36(32-34)35-22-16-15-17-23-35/h15-17,19-26,32,40H,3-14,18,27-31,33H2,1-2H3. The Kier molecular flexibility index (Phi) is 15.0. The van der Waals surface area contributed by atoms with Crippen molar-refractivity contribution in [3.8, 4) is 11.1 Å². The molecule has 1 aromatic heterocycles. The minimum Gasteiger partial charge on any atom is -0.463 e. The summed E-state index contributed by atoms with van der Waals surface area (Å²) in [5, 5.41) is 0. The second kappa shape index (κ2) is 20.1. The van der Waals surface area contributed by atoms with Gasteiger partial charge in [0, 0.05) is 39.3 Å². The Morgan fingerprint density at radius 2 is 1.38 bits per heavy atom. The van der Waals surface area contributed by atoms with E-state index in [9.17, 15) is 9.59 Å². The number of nitrogens with zero attached hydrogens (tertiary/aromatic N) is 3. The maximum absolute atomic E-state index is 13.3. The van der Waals surface area contributed by atoms with E-state index in [0.29, 0.717) is 17.7 Å². The van der Waals surface area contributed by atoms with Gasteiger partial charge >= 0.3 is 11.7 Å². The third-order valence-electron chi connectivity index (χ3n) is 9.77. The van der Waals surface area contributed by atoms with Gasteiger partial charge in [0.2, 0.25) is 6.23 Å². The van der Waals surface area contributed by atoms with Crippen LogP contribution in [0.2, 0.25) is 0 Å². The molecular formula is C42H57N3O5. The molecule has 0 N–H and O–H groups in total. The second-order valence-electron chi connectivity index (χ2n) is 13.6. The summed E-state index contributed by atoms with van der Waals surface area (Å²) in [7, 11) is 0. The second-order valence-corrected chi connectivity index (χ2v) is 13.6. The molecule has 5 rings (SSSR count). The van der Waals surface area contributed by atoms with Crippen molar-refractivity contribution in [2.24, 2.45) is 0 Å². The fourth-order valence-corrected chi connectivity index (χ4v) is 7.00. The zero-order valence-corrected chi connectivity index (χ0v) is 30.3. The molecule has 0 amide bonds. The first-order chi connectivity index (χ1) is 24.6. The van der Waals surface area contributed by atoms with Crippen molar-refractivity contribution in [1.29, 1.82) is 0 Å². The van der Waals surface area contributed by atoms with Crippen LogP contribution in [0.1, 0.15) is 103 Å². The van der Waals surface area contributed by atoms with Crippen molar-refractivity contribution in [3.63, 3.8) is 0 Å². The summed E-state index contributed by atoms with van der Waals surface area (Å²) in [6, 6.07) is 25.0. The van der Waals surface area contributed by atoms with Crippen LogP contribution in [0, 0.1) is 0 Å². The van der Waals surface area contributed by atoms with Crippen molar-refractivity contribution < 1.29 is 18.7 Å². The Morgan fingerprint density at radius 3 is 2.06 bits per heavy atom. The lowest BCUT2D eigenvalue weighted by Gasteiger charge is -2.36. The number of carbonyl (C=O) groups is 1. The van der Waals surface area contributed by atoms with Gasteiger partial charge < -0.3 is 18.8 Å². The maximum Gasteiger partial charge on any atom is 0.422 e. The predicted octanol–water partition coefficient (Wildman–Crippen LogP) is 9.36. The van der Waals surface area contributed by atoms with Crippen LogP contribution in [-0.4, -0.2) is 54.8 Å². The molecule has 1 saturated heterocycles. The molecule has 1 fully saturated rings. The summed E-state index contributed by atoms with van der Waals surface area (Å²) in [6.07, 6.45) is 13.7. The Labute approximate surface area is 298 Å². The number of esters is 1. The Morgan fingerprint density at radius 1 is 0.740 bits per heavy atom. The van der Waals surface area contributed by atoms with E-state index in [4.69, 9.17) is 13.9 Å². The summed E-state index contributed by atoms with van der Waals surface area (Å²) >= 11 is 0. The fourth-order valence-electron chi connectivity index (χ4n) is 7.00. The van der Waals surface area contributed by atoms with Crippen LogP contribution in [0.3, 0.4) is 0 Å². The maximum atomic E-state index is 13.3. The normalized spacial score (nSPS) is 14.3. The molecule has 4 aromatic rings. The summed E-state index contributed by atoms with van der Waals surface area (Å²) in [5.41, 5.74) is 5.61. The first kappa shape index (κ1) is 37.4. The summed E-state index contributed by atoms with van der Waals surface area (Å²) < 4.78 is 18.6. The molecule has 1 unspecified atom stereocenters. The number of fused-ring (bicyclic) bond motifs is 1. The van der Waals surface area contributed by atoms with Gasteiger partial charge in [-0.25, -0.2) is 14.2 Å². The van der Waals surface area contributed by atoms with Gasteiger partial charge in [-0.2, -0.15) is 0 Å². The lowest BCUT2D eigenvalue weighted by atomic mass is 10.0. The number of oxazole rings is 1. The topological polar surface area (TPSA) is 77.1 Å². The smallest absolute Gasteiger partial charge is 0.422 e. The summed E-state index contributed by atoms with van der Waals surface area (Å²) in [4.78, 5) is 31.1. The van der Waals surface area contributed by atoms with Crippen molar-refractivity contribution in [2.75, 3.05) is 44.3 Å². The van der Waals surface area contributed by atoms with Gasteiger partial charge in [0.25, 0.3) is 0 Å². The third-order valence-corrected chi connectivity index (χ3v) is 9.77. The van der Waals surface area contributed by atoms with Crippen LogP contribution >= 0.6 is 0 Å². The molecule has 1 atom stereocenters. The van der Waals surface area contributed by atoms with E-state index in [1.165, 1.54) is 79.0 Å². The minimum absolute atomic E-state index is 0.202. The van der Waals surface area contributed by atoms with Gasteiger partial charge in [0.1, 0.15) is 0 Å². The van der Waals surface area contributed by atoms with E-state index in [1.807, 2.05) is 24.3 Å². The highest BCUT2D eigenvalue weighted by atomic mass is 16.6. The zero-order valence-electron chi connectivity index (χ0n) is 30.3. The monoisotopic (exact) mass is 683 g/mol. The Hall–Kier alpha value is -3.88. The van der Waals surface area contributed by atoms with Gasteiger partial charge in [-0.15, -0.1) is 0 Å². The number of hydrogen-bond donors (Lipinski definition) is 0. The van der Waals surface area contributed by atoms with Gasteiger partial charge in [0.15, 0.2) is 5.58 Å². The minimum atomic E-state index is -1.19. The molecule has 0 bridgehead atoms. The number of ether oxygens (including phenoxy) is 2. The molecule has 8 nitrogen and oxygen atoms in total. The van der Waals surface area contributed by atoms with E-state index in [0.717, 1.165) is 57.7 Å². The number of carbonyl (C=O) groups excluding carboxylic acids is 1. The van der Waals surface area contributed by atoms with Crippen LogP contribution < -0.4 is 10.7 Å². The summed E-state index contributed by atoms with van der Waals surface area (Å²) in [6.45, 7) is 8.82. The van der Waals surface area contributed by atoms with Crippen LogP contribution in [0.15, 0.2) is 82.0 Å². The molecule has 1 aliphatic rings. The predicted molar refractivity (Wildman–Crippen MR) is 203 cm³/mol. The number of hydrogen-bond acceptors (Lipinski definition) is 7. The fraction of sp³-hybridized carbons (Fsp3) is 0.524. The molecule has 270 valence electrons. The zero-order chi connectivity index (χ0) is 35.0. The lowest BCUT2D eigenvalue weighted by molar-refractivity contribution is -0.164. The largest absolute Gasteiger partial charge is 0.463 e. The van der Waals surface area contributed by atoms with E-state index >= 15 is 0 Å². The Balaban J connectivity index is 1.14. The van der Waals surface area contributed by atoms with Crippen molar-refractivity contribution >= 4 is 22.8 Å². The van der Waals surface area contributed by atoms with Gasteiger partial charge in [-0.3, -0.25) is 4.90 Å². The lowest BCUT2D eigenvalue weighted by Crippen LogP contribution is -2.46. The average Bonchev–Trinajstić information content (AvgIpc) is 3.48. The molecule has 2 heterocycles.